The SMILES string of the molecule is Cc1cc(CC(=O)O)c(C)cc1COC(C)CC(C)C. The van der Waals surface area contributed by atoms with E-state index < -0.39 is 5.97 Å². The van der Waals surface area contributed by atoms with Gasteiger partial charge >= 0.3 is 5.97 Å². The Morgan fingerprint density at radius 3 is 2.25 bits per heavy atom. The third-order valence-corrected chi connectivity index (χ3v) is 3.46. The fraction of sp³-hybridized carbons (Fsp3) is 0.588. The first kappa shape index (κ1) is 16.7. The van der Waals surface area contributed by atoms with Gasteiger partial charge in [-0.15, -0.1) is 0 Å². The van der Waals surface area contributed by atoms with Gasteiger partial charge in [-0.05, 0) is 55.4 Å². The van der Waals surface area contributed by atoms with Crippen LogP contribution in [0.4, 0.5) is 0 Å². The molecule has 1 N–H and O–H groups in total. The van der Waals surface area contributed by atoms with Gasteiger partial charge in [0.05, 0.1) is 19.1 Å². The van der Waals surface area contributed by atoms with E-state index in [1.807, 2.05) is 19.9 Å². The zero-order valence-corrected chi connectivity index (χ0v) is 13.2. The molecule has 3 nitrogen and oxygen atoms in total. The second-order valence-corrected chi connectivity index (χ2v) is 6.03. The highest BCUT2D eigenvalue weighted by Gasteiger charge is 2.10. The molecule has 3 heteroatoms. The number of rotatable bonds is 7. The number of ether oxygens (including phenoxy) is 1. The Balaban J connectivity index is 2.72. The second kappa shape index (κ2) is 7.44. The minimum absolute atomic E-state index is 0.0809. The van der Waals surface area contributed by atoms with Gasteiger partial charge in [0, 0.05) is 0 Å². The molecule has 0 aromatic heterocycles. The molecule has 0 saturated carbocycles. The van der Waals surface area contributed by atoms with E-state index >= 15 is 0 Å². The molecule has 1 rings (SSSR count). The predicted octanol–water partition coefficient (Wildman–Crippen LogP) is 3.88. The van der Waals surface area contributed by atoms with Gasteiger partial charge in [-0.2, -0.15) is 0 Å². The smallest absolute Gasteiger partial charge is 0.307 e. The minimum Gasteiger partial charge on any atom is -0.481 e. The number of aryl methyl sites for hydroxylation is 2. The molecule has 1 aromatic rings. The Bertz CT molecular complexity index is 464. The van der Waals surface area contributed by atoms with Gasteiger partial charge in [-0.25, -0.2) is 0 Å². The molecule has 1 unspecified atom stereocenters. The number of hydrogen-bond donors (Lipinski definition) is 1. The van der Waals surface area contributed by atoms with Gasteiger partial charge in [0.25, 0.3) is 0 Å². The van der Waals surface area contributed by atoms with E-state index in [1.165, 1.54) is 0 Å². The molecule has 0 saturated heterocycles. The monoisotopic (exact) mass is 278 g/mol. The van der Waals surface area contributed by atoms with Crippen LogP contribution >= 0.6 is 0 Å². The summed E-state index contributed by atoms with van der Waals surface area (Å²) in [6.07, 6.45) is 1.38. The van der Waals surface area contributed by atoms with E-state index in [2.05, 4.69) is 26.8 Å². The molecule has 0 amide bonds. The largest absolute Gasteiger partial charge is 0.481 e. The second-order valence-electron chi connectivity index (χ2n) is 6.03. The van der Waals surface area contributed by atoms with Gasteiger partial charge in [-0.3, -0.25) is 4.79 Å². The van der Waals surface area contributed by atoms with Crippen molar-refractivity contribution in [2.75, 3.05) is 0 Å². The highest BCUT2D eigenvalue weighted by atomic mass is 16.5. The lowest BCUT2D eigenvalue weighted by Gasteiger charge is -2.17. The summed E-state index contributed by atoms with van der Waals surface area (Å²) in [6, 6.07) is 4.02. The summed E-state index contributed by atoms with van der Waals surface area (Å²) in [4.78, 5) is 10.8. The normalized spacial score (nSPS) is 12.7. The summed E-state index contributed by atoms with van der Waals surface area (Å²) in [6.45, 7) is 11.0. The van der Waals surface area contributed by atoms with Crippen LogP contribution in [0.25, 0.3) is 0 Å². The summed E-state index contributed by atoms with van der Waals surface area (Å²) < 4.78 is 5.88. The topological polar surface area (TPSA) is 46.5 Å². The molecule has 0 aliphatic carbocycles. The first-order chi connectivity index (χ1) is 9.29. The fourth-order valence-corrected chi connectivity index (χ4v) is 2.41. The Morgan fingerprint density at radius 2 is 1.70 bits per heavy atom. The van der Waals surface area contributed by atoms with Crippen molar-refractivity contribution in [3.05, 3.63) is 34.4 Å². The van der Waals surface area contributed by atoms with E-state index in [-0.39, 0.29) is 12.5 Å². The van der Waals surface area contributed by atoms with Crippen molar-refractivity contribution in [1.29, 1.82) is 0 Å². The first-order valence-corrected chi connectivity index (χ1v) is 7.22. The average molecular weight is 278 g/mol. The van der Waals surface area contributed by atoms with E-state index in [0.717, 1.165) is 28.7 Å². The van der Waals surface area contributed by atoms with Crippen LogP contribution in [0.3, 0.4) is 0 Å². The Labute approximate surface area is 122 Å². The van der Waals surface area contributed by atoms with Crippen molar-refractivity contribution in [3.63, 3.8) is 0 Å². The Hall–Kier alpha value is -1.35. The van der Waals surface area contributed by atoms with E-state index in [0.29, 0.717) is 12.5 Å². The summed E-state index contributed by atoms with van der Waals surface area (Å²) in [7, 11) is 0. The van der Waals surface area contributed by atoms with Gasteiger partial charge in [0.2, 0.25) is 0 Å². The Morgan fingerprint density at radius 1 is 1.15 bits per heavy atom. The number of benzene rings is 1. The number of carboxylic acids is 1. The number of carbonyl (C=O) groups is 1. The van der Waals surface area contributed by atoms with Crippen molar-refractivity contribution in [2.24, 2.45) is 5.92 Å². The van der Waals surface area contributed by atoms with Crippen LogP contribution < -0.4 is 0 Å². The maximum atomic E-state index is 10.8. The van der Waals surface area contributed by atoms with Crippen molar-refractivity contribution in [1.82, 2.24) is 0 Å². The van der Waals surface area contributed by atoms with Crippen LogP contribution in [0.5, 0.6) is 0 Å². The lowest BCUT2D eigenvalue weighted by Crippen LogP contribution is -2.12. The summed E-state index contributed by atoms with van der Waals surface area (Å²) >= 11 is 0. The number of carboxylic acid groups (broad SMARTS) is 1. The summed E-state index contributed by atoms with van der Waals surface area (Å²) in [5.41, 5.74) is 4.15. The molecule has 112 valence electrons. The zero-order valence-electron chi connectivity index (χ0n) is 13.2. The van der Waals surface area contributed by atoms with Crippen LogP contribution in [-0.4, -0.2) is 17.2 Å². The zero-order chi connectivity index (χ0) is 15.3. The van der Waals surface area contributed by atoms with Gasteiger partial charge in [0.1, 0.15) is 0 Å². The van der Waals surface area contributed by atoms with E-state index in [9.17, 15) is 4.79 Å². The molecule has 0 spiro atoms. The van der Waals surface area contributed by atoms with Crippen LogP contribution in [-0.2, 0) is 22.6 Å². The molecule has 20 heavy (non-hydrogen) atoms. The minimum atomic E-state index is -0.790. The lowest BCUT2D eigenvalue weighted by molar-refractivity contribution is -0.136. The molecule has 0 fully saturated rings. The number of hydrogen-bond acceptors (Lipinski definition) is 2. The average Bonchev–Trinajstić information content (AvgIpc) is 2.30. The summed E-state index contributed by atoms with van der Waals surface area (Å²) in [5, 5.41) is 8.89. The molecule has 0 aliphatic rings. The van der Waals surface area contributed by atoms with Gasteiger partial charge in [0.15, 0.2) is 0 Å². The first-order valence-electron chi connectivity index (χ1n) is 7.22. The maximum absolute atomic E-state index is 10.8. The molecule has 1 atom stereocenters. The highest BCUT2D eigenvalue weighted by Crippen LogP contribution is 2.19. The molecular weight excluding hydrogens is 252 g/mol. The van der Waals surface area contributed by atoms with Crippen LogP contribution in [0.2, 0.25) is 0 Å². The van der Waals surface area contributed by atoms with Crippen molar-refractivity contribution in [3.8, 4) is 0 Å². The van der Waals surface area contributed by atoms with Gasteiger partial charge in [-0.1, -0.05) is 26.0 Å². The number of aliphatic carboxylic acids is 1. The molecule has 0 radical (unpaired) electrons. The van der Waals surface area contributed by atoms with Crippen molar-refractivity contribution < 1.29 is 14.6 Å². The fourth-order valence-electron chi connectivity index (χ4n) is 2.41. The Kier molecular flexibility index (Phi) is 6.21. The van der Waals surface area contributed by atoms with Crippen LogP contribution in [0, 0.1) is 19.8 Å². The van der Waals surface area contributed by atoms with Crippen LogP contribution in [0.15, 0.2) is 12.1 Å². The van der Waals surface area contributed by atoms with E-state index in [4.69, 9.17) is 9.84 Å². The van der Waals surface area contributed by atoms with E-state index in [1.54, 1.807) is 0 Å². The van der Waals surface area contributed by atoms with Crippen molar-refractivity contribution in [2.45, 2.75) is 60.2 Å². The maximum Gasteiger partial charge on any atom is 0.307 e. The molecule has 0 heterocycles. The molecule has 0 aliphatic heterocycles. The molecule has 1 aromatic carbocycles. The lowest BCUT2D eigenvalue weighted by atomic mass is 9.98. The third kappa shape index (κ3) is 5.33. The predicted molar refractivity (Wildman–Crippen MR) is 81.0 cm³/mol. The highest BCUT2D eigenvalue weighted by molar-refractivity contribution is 5.71. The quantitative estimate of drug-likeness (QED) is 0.823. The molecular formula is C17H26O3. The van der Waals surface area contributed by atoms with Crippen molar-refractivity contribution >= 4 is 5.97 Å². The standard InChI is InChI=1S/C17H26O3/c1-11(2)6-14(5)20-10-16-8-12(3)15(7-13(16)4)9-17(18)19/h7-8,11,14H,6,9-10H2,1-5H3,(H,18,19). The van der Waals surface area contributed by atoms with Gasteiger partial charge < -0.3 is 9.84 Å². The van der Waals surface area contributed by atoms with Crippen LogP contribution in [0.1, 0.15) is 49.4 Å². The summed E-state index contributed by atoms with van der Waals surface area (Å²) in [5.74, 6) is -0.159. The molecule has 0 bridgehead atoms. The third-order valence-electron chi connectivity index (χ3n) is 3.46.